The second-order valence-electron chi connectivity index (χ2n) is 4.88. The summed E-state index contributed by atoms with van der Waals surface area (Å²) in [6, 6.07) is 0. The number of aromatic amines is 1. The number of aliphatic imine (C=N–C) groups is 1. The van der Waals surface area contributed by atoms with Crippen molar-refractivity contribution < 1.29 is 0 Å². The van der Waals surface area contributed by atoms with Crippen molar-refractivity contribution in [3.8, 4) is 0 Å². The molecule has 0 aliphatic carbocycles. The van der Waals surface area contributed by atoms with Crippen molar-refractivity contribution in [3.63, 3.8) is 0 Å². The first-order valence-corrected chi connectivity index (χ1v) is 6.42. The van der Waals surface area contributed by atoms with Crippen LogP contribution in [-0.4, -0.2) is 10.7 Å². The molecule has 0 fully saturated rings. The van der Waals surface area contributed by atoms with Gasteiger partial charge in [0, 0.05) is 22.7 Å². The second-order valence-corrected chi connectivity index (χ2v) is 4.88. The van der Waals surface area contributed by atoms with Crippen molar-refractivity contribution in [3.05, 3.63) is 58.6 Å². The molecule has 0 amide bonds. The molecule has 1 aliphatic heterocycles. The zero-order valence-corrected chi connectivity index (χ0v) is 12.1. The Balaban J connectivity index is 2.53. The average Bonchev–Trinajstić information content (AvgIpc) is 2.78. The normalized spacial score (nSPS) is 17.1. The minimum Gasteiger partial charge on any atom is -0.358 e. The Hall–Kier alpha value is -2.09. The molecule has 19 heavy (non-hydrogen) atoms. The van der Waals surface area contributed by atoms with Crippen molar-refractivity contribution >= 4 is 17.9 Å². The lowest BCUT2D eigenvalue weighted by Gasteiger charge is -1.98. The Labute approximate surface area is 115 Å². The van der Waals surface area contributed by atoms with E-state index < -0.39 is 0 Å². The van der Waals surface area contributed by atoms with Crippen molar-refractivity contribution in [2.75, 3.05) is 0 Å². The van der Waals surface area contributed by atoms with Gasteiger partial charge in [0.25, 0.3) is 0 Å². The zero-order valence-electron chi connectivity index (χ0n) is 12.1. The first-order valence-electron chi connectivity index (χ1n) is 6.42. The Morgan fingerprint density at radius 2 is 1.74 bits per heavy atom. The molecule has 0 atom stereocenters. The van der Waals surface area contributed by atoms with E-state index in [-0.39, 0.29) is 0 Å². The highest BCUT2D eigenvalue weighted by Crippen LogP contribution is 2.29. The van der Waals surface area contributed by atoms with E-state index in [4.69, 9.17) is 0 Å². The van der Waals surface area contributed by atoms with E-state index in [1.54, 1.807) is 0 Å². The second kappa shape index (κ2) is 4.88. The summed E-state index contributed by atoms with van der Waals surface area (Å²) >= 11 is 0. The topological polar surface area (TPSA) is 28.1 Å². The SMILES string of the molecule is C=CC1=C(C)/C(=C/c2[nH]c(C)c(C=C)c2C)N=C1C. The van der Waals surface area contributed by atoms with Crippen molar-refractivity contribution in [1.29, 1.82) is 0 Å². The summed E-state index contributed by atoms with van der Waals surface area (Å²) < 4.78 is 0. The quantitative estimate of drug-likeness (QED) is 0.815. The Bertz CT molecular complexity index is 649. The minimum absolute atomic E-state index is 1.01. The summed E-state index contributed by atoms with van der Waals surface area (Å²) in [4.78, 5) is 8.00. The number of aryl methyl sites for hydroxylation is 1. The van der Waals surface area contributed by atoms with Gasteiger partial charge >= 0.3 is 0 Å². The summed E-state index contributed by atoms with van der Waals surface area (Å²) in [5, 5.41) is 0. The molecule has 1 aliphatic rings. The summed E-state index contributed by atoms with van der Waals surface area (Å²) in [7, 11) is 0. The van der Waals surface area contributed by atoms with Crippen LogP contribution in [0.15, 0.2) is 41.1 Å². The molecule has 0 saturated heterocycles. The molecular weight excluding hydrogens is 232 g/mol. The number of H-pyrrole nitrogens is 1. The molecule has 0 bridgehead atoms. The van der Waals surface area contributed by atoms with Crippen LogP contribution in [0.4, 0.5) is 0 Å². The van der Waals surface area contributed by atoms with Gasteiger partial charge in [-0.1, -0.05) is 25.3 Å². The molecule has 0 spiro atoms. The van der Waals surface area contributed by atoms with Gasteiger partial charge in [-0.15, -0.1) is 0 Å². The molecule has 98 valence electrons. The fraction of sp³-hybridized carbons (Fsp3) is 0.235. The molecule has 2 heterocycles. The Morgan fingerprint density at radius 1 is 1.05 bits per heavy atom. The molecule has 1 aromatic rings. The fourth-order valence-electron chi connectivity index (χ4n) is 2.55. The van der Waals surface area contributed by atoms with Crippen LogP contribution in [-0.2, 0) is 0 Å². The van der Waals surface area contributed by atoms with E-state index >= 15 is 0 Å². The predicted molar refractivity (Wildman–Crippen MR) is 84.3 cm³/mol. The van der Waals surface area contributed by atoms with Crippen LogP contribution >= 0.6 is 0 Å². The summed E-state index contributed by atoms with van der Waals surface area (Å²) in [6.07, 6.45) is 5.87. The highest BCUT2D eigenvalue weighted by molar-refractivity contribution is 6.06. The molecular formula is C17H20N2. The standard InChI is InChI=1S/C17H20N2/c1-7-14-10(3)16(18-12(14)5)9-17-11(4)15(8-2)13(6)19-17/h7-9,18H,1-2H2,3-6H3/b17-9-. The largest absolute Gasteiger partial charge is 0.358 e. The third kappa shape index (κ3) is 2.14. The van der Waals surface area contributed by atoms with Gasteiger partial charge in [0.2, 0.25) is 0 Å². The third-order valence-corrected chi connectivity index (χ3v) is 3.69. The highest BCUT2D eigenvalue weighted by Gasteiger charge is 2.16. The van der Waals surface area contributed by atoms with Crippen molar-refractivity contribution in [2.24, 2.45) is 4.99 Å². The Morgan fingerprint density at radius 3 is 2.21 bits per heavy atom. The lowest BCUT2D eigenvalue weighted by molar-refractivity contribution is 1.23. The maximum absolute atomic E-state index is 4.61. The summed E-state index contributed by atoms with van der Waals surface area (Å²) in [5.41, 5.74) is 8.99. The monoisotopic (exact) mass is 252 g/mol. The van der Waals surface area contributed by atoms with Gasteiger partial charge < -0.3 is 4.98 Å². The molecule has 2 heteroatoms. The first-order chi connectivity index (χ1) is 8.99. The van der Waals surface area contributed by atoms with Crippen LogP contribution in [0.25, 0.3) is 12.2 Å². The molecule has 0 unspecified atom stereocenters. The van der Waals surface area contributed by atoms with Crippen LogP contribution in [0.5, 0.6) is 0 Å². The van der Waals surface area contributed by atoms with Crippen molar-refractivity contribution in [1.82, 2.24) is 4.98 Å². The van der Waals surface area contributed by atoms with Crippen LogP contribution < -0.4 is 0 Å². The van der Waals surface area contributed by atoms with E-state index in [0.29, 0.717) is 0 Å². The number of hydrogen-bond acceptors (Lipinski definition) is 1. The van der Waals surface area contributed by atoms with Crippen molar-refractivity contribution in [2.45, 2.75) is 27.7 Å². The third-order valence-electron chi connectivity index (χ3n) is 3.69. The van der Waals surface area contributed by atoms with Crippen LogP contribution in [0.2, 0.25) is 0 Å². The number of aromatic nitrogens is 1. The zero-order chi connectivity index (χ0) is 14.2. The first kappa shape index (κ1) is 13.3. The predicted octanol–water partition coefficient (Wildman–Crippen LogP) is 4.59. The lowest BCUT2D eigenvalue weighted by Crippen LogP contribution is -1.88. The summed E-state index contributed by atoms with van der Waals surface area (Å²) in [5.74, 6) is 0. The molecule has 2 nitrogen and oxygen atoms in total. The van der Waals surface area contributed by atoms with Gasteiger partial charge in [0.1, 0.15) is 0 Å². The fourth-order valence-corrected chi connectivity index (χ4v) is 2.55. The van der Waals surface area contributed by atoms with Gasteiger partial charge in [-0.25, -0.2) is 0 Å². The van der Waals surface area contributed by atoms with E-state index in [9.17, 15) is 0 Å². The number of hydrogen-bond donors (Lipinski definition) is 1. The van der Waals surface area contributed by atoms with Crippen LogP contribution in [0.1, 0.15) is 36.4 Å². The molecule has 1 aromatic heterocycles. The molecule has 2 rings (SSSR count). The number of nitrogens with one attached hydrogen (secondary N) is 1. The number of allylic oxidation sites excluding steroid dienone is 3. The van der Waals surface area contributed by atoms with Gasteiger partial charge in [-0.2, -0.15) is 0 Å². The molecule has 0 radical (unpaired) electrons. The van der Waals surface area contributed by atoms with Gasteiger partial charge in [-0.3, -0.25) is 4.99 Å². The number of nitrogens with zero attached hydrogens (tertiary/aromatic N) is 1. The van der Waals surface area contributed by atoms with Crippen LogP contribution in [0.3, 0.4) is 0 Å². The van der Waals surface area contributed by atoms with E-state index in [0.717, 1.165) is 28.4 Å². The molecule has 1 N–H and O–H groups in total. The molecule has 0 aromatic carbocycles. The maximum atomic E-state index is 4.61. The van der Waals surface area contributed by atoms with Gasteiger partial charge in [-0.05, 0) is 50.5 Å². The summed E-state index contributed by atoms with van der Waals surface area (Å²) in [6.45, 7) is 16.0. The lowest BCUT2D eigenvalue weighted by atomic mass is 10.1. The molecule has 0 saturated carbocycles. The number of rotatable bonds is 3. The average molecular weight is 252 g/mol. The smallest absolute Gasteiger partial charge is 0.0689 e. The van der Waals surface area contributed by atoms with E-state index in [1.807, 2.05) is 19.1 Å². The van der Waals surface area contributed by atoms with Gasteiger partial charge in [0.15, 0.2) is 0 Å². The highest BCUT2D eigenvalue weighted by atomic mass is 14.8. The Kier molecular flexibility index (Phi) is 3.43. The van der Waals surface area contributed by atoms with Crippen LogP contribution in [0, 0.1) is 13.8 Å². The van der Waals surface area contributed by atoms with Gasteiger partial charge in [0.05, 0.1) is 5.70 Å². The van der Waals surface area contributed by atoms with E-state index in [1.165, 1.54) is 16.7 Å². The maximum Gasteiger partial charge on any atom is 0.0689 e. The van der Waals surface area contributed by atoms with E-state index in [2.05, 4.69) is 50.0 Å². The minimum atomic E-state index is 1.01.